The van der Waals surface area contributed by atoms with Crippen LogP contribution in [0.15, 0.2) is 23.0 Å². The molecule has 0 aliphatic carbocycles. The fourth-order valence-corrected chi connectivity index (χ4v) is 1.65. The summed E-state index contributed by atoms with van der Waals surface area (Å²) in [6, 6.07) is 1.94. The lowest BCUT2D eigenvalue weighted by molar-refractivity contribution is 0.00578. The van der Waals surface area contributed by atoms with Gasteiger partial charge in [0, 0.05) is 6.32 Å². The lowest BCUT2D eigenvalue weighted by atomic mass is 9.82. The third-order valence-corrected chi connectivity index (χ3v) is 3.28. The van der Waals surface area contributed by atoms with Gasteiger partial charge in [0.1, 0.15) is 0 Å². The fraction of sp³-hybridized carbons (Fsp3) is 0.636. The van der Waals surface area contributed by atoms with E-state index < -0.39 is 0 Å². The number of rotatable bonds is 2. The smallest absolute Gasteiger partial charge is 0.462 e. The van der Waals surface area contributed by atoms with E-state index >= 15 is 0 Å². The Morgan fingerprint density at radius 2 is 1.73 bits per heavy atom. The van der Waals surface area contributed by atoms with E-state index in [-0.39, 0.29) is 18.3 Å². The Morgan fingerprint density at radius 1 is 1.13 bits per heavy atom. The molecule has 0 aromatic carbocycles. The van der Waals surface area contributed by atoms with Gasteiger partial charge in [-0.3, -0.25) is 0 Å². The molecule has 2 heterocycles. The van der Waals surface area contributed by atoms with Crippen LogP contribution in [0.1, 0.15) is 33.3 Å². The first-order valence-corrected chi connectivity index (χ1v) is 5.27. The maximum Gasteiger partial charge on any atom is 0.462 e. The zero-order chi connectivity index (χ0) is 11.1. The molecule has 0 unspecified atom stereocenters. The van der Waals surface area contributed by atoms with E-state index in [2.05, 4.69) is 27.7 Å². The Bertz CT molecular complexity index is 314. The van der Waals surface area contributed by atoms with Crippen molar-refractivity contribution < 1.29 is 13.7 Å². The van der Waals surface area contributed by atoms with Gasteiger partial charge >= 0.3 is 7.12 Å². The van der Waals surface area contributed by atoms with Crippen molar-refractivity contribution in [1.29, 1.82) is 0 Å². The second-order valence-corrected chi connectivity index (χ2v) is 5.02. The van der Waals surface area contributed by atoms with E-state index in [0.29, 0.717) is 0 Å². The predicted molar refractivity (Wildman–Crippen MR) is 58.5 cm³/mol. The highest BCUT2D eigenvalue weighted by Crippen LogP contribution is 2.37. The van der Waals surface area contributed by atoms with Crippen LogP contribution in [0.25, 0.3) is 0 Å². The van der Waals surface area contributed by atoms with Gasteiger partial charge in [-0.1, -0.05) is 0 Å². The van der Waals surface area contributed by atoms with E-state index in [1.807, 2.05) is 6.07 Å². The van der Waals surface area contributed by atoms with Gasteiger partial charge in [-0.25, -0.2) is 0 Å². The molecule has 1 aromatic heterocycles. The monoisotopic (exact) mass is 208 g/mol. The van der Waals surface area contributed by atoms with Crippen molar-refractivity contribution >= 4 is 7.12 Å². The lowest BCUT2D eigenvalue weighted by Gasteiger charge is -2.32. The van der Waals surface area contributed by atoms with Crippen molar-refractivity contribution in [2.24, 2.45) is 0 Å². The van der Waals surface area contributed by atoms with Crippen molar-refractivity contribution in [1.82, 2.24) is 0 Å². The van der Waals surface area contributed by atoms with Crippen LogP contribution >= 0.6 is 0 Å². The van der Waals surface area contributed by atoms with E-state index in [4.69, 9.17) is 13.7 Å². The second kappa shape index (κ2) is 3.39. The molecule has 82 valence electrons. The van der Waals surface area contributed by atoms with Gasteiger partial charge in [0.05, 0.1) is 23.7 Å². The quantitative estimate of drug-likeness (QED) is 0.699. The maximum atomic E-state index is 5.87. The van der Waals surface area contributed by atoms with Crippen LogP contribution in [-0.4, -0.2) is 18.3 Å². The molecule has 3 nitrogen and oxygen atoms in total. The van der Waals surface area contributed by atoms with Crippen molar-refractivity contribution in [2.45, 2.75) is 45.2 Å². The van der Waals surface area contributed by atoms with Crippen molar-refractivity contribution in [3.8, 4) is 0 Å². The van der Waals surface area contributed by atoms with Crippen LogP contribution in [0, 0.1) is 0 Å². The first kappa shape index (κ1) is 10.8. The van der Waals surface area contributed by atoms with Gasteiger partial charge in [-0.15, -0.1) is 0 Å². The zero-order valence-corrected chi connectivity index (χ0v) is 9.74. The summed E-state index contributed by atoms with van der Waals surface area (Å²) in [5.41, 5.74) is 0.608. The highest BCUT2D eigenvalue weighted by molar-refractivity contribution is 6.45. The van der Waals surface area contributed by atoms with Crippen molar-refractivity contribution in [2.75, 3.05) is 0 Å². The van der Waals surface area contributed by atoms with Crippen LogP contribution in [0.3, 0.4) is 0 Å². The minimum absolute atomic E-state index is 0.174. The normalized spacial score (nSPS) is 23.3. The van der Waals surface area contributed by atoms with Gasteiger partial charge < -0.3 is 13.7 Å². The lowest BCUT2D eigenvalue weighted by Crippen LogP contribution is -2.41. The van der Waals surface area contributed by atoms with Crippen molar-refractivity contribution in [3.05, 3.63) is 24.2 Å². The summed E-state index contributed by atoms with van der Waals surface area (Å²) in [6.07, 6.45) is 4.13. The third-order valence-electron chi connectivity index (χ3n) is 3.28. The van der Waals surface area contributed by atoms with Crippen LogP contribution < -0.4 is 0 Å². The summed E-state index contributed by atoms with van der Waals surface area (Å²) < 4.78 is 16.8. The average molecular weight is 208 g/mol. The van der Waals surface area contributed by atoms with E-state index in [0.717, 1.165) is 11.9 Å². The Morgan fingerprint density at radius 3 is 2.20 bits per heavy atom. The second-order valence-electron chi connectivity index (χ2n) is 5.02. The largest absolute Gasteiger partial charge is 0.472 e. The molecule has 0 atom stereocenters. The maximum absolute atomic E-state index is 5.87. The summed E-state index contributed by atoms with van der Waals surface area (Å²) >= 11 is 0. The van der Waals surface area contributed by atoms with E-state index in [1.54, 1.807) is 12.5 Å². The molecule has 1 aromatic rings. The standard InChI is InChI=1S/C11H17BO3/c1-10(2)11(3,4)15-12(14-10)7-9-5-6-13-8-9/h5-6,8H,7H2,1-4H3. The minimum Gasteiger partial charge on any atom is -0.472 e. The molecule has 0 radical (unpaired) electrons. The van der Waals surface area contributed by atoms with Gasteiger partial charge in [0.15, 0.2) is 0 Å². The summed E-state index contributed by atoms with van der Waals surface area (Å²) in [7, 11) is -0.174. The van der Waals surface area contributed by atoms with E-state index in [9.17, 15) is 0 Å². The van der Waals surface area contributed by atoms with Crippen LogP contribution in [0.2, 0.25) is 0 Å². The molecule has 0 spiro atoms. The van der Waals surface area contributed by atoms with Gasteiger partial charge in [0.25, 0.3) is 0 Å². The van der Waals surface area contributed by atoms with Crippen molar-refractivity contribution in [3.63, 3.8) is 0 Å². The molecule has 2 rings (SSSR count). The first-order chi connectivity index (χ1) is 6.91. The average Bonchev–Trinajstić information content (AvgIpc) is 2.59. The predicted octanol–water partition coefficient (Wildman–Crippen LogP) is 2.45. The fourth-order valence-electron chi connectivity index (χ4n) is 1.65. The van der Waals surface area contributed by atoms with E-state index in [1.165, 1.54) is 0 Å². The number of hydrogen-bond acceptors (Lipinski definition) is 3. The Kier molecular flexibility index (Phi) is 2.43. The Labute approximate surface area is 90.9 Å². The Balaban J connectivity index is 2.04. The van der Waals surface area contributed by atoms with Gasteiger partial charge in [0.2, 0.25) is 0 Å². The molecule has 15 heavy (non-hydrogen) atoms. The molecule has 1 aliphatic heterocycles. The molecule has 0 N–H and O–H groups in total. The molecule has 1 aliphatic rings. The first-order valence-electron chi connectivity index (χ1n) is 5.27. The summed E-state index contributed by atoms with van der Waals surface area (Å²) in [5.74, 6) is 0. The molecule has 1 saturated heterocycles. The molecular formula is C11H17BO3. The van der Waals surface area contributed by atoms with Crippen LogP contribution in [0.5, 0.6) is 0 Å². The SMILES string of the molecule is CC1(C)OB(Cc2ccoc2)OC1(C)C. The molecule has 0 saturated carbocycles. The molecule has 0 bridgehead atoms. The van der Waals surface area contributed by atoms with Gasteiger partial charge in [-0.2, -0.15) is 0 Å². The number of furan rings is 1. The topological polar surface area (TPSA) is 31.6 Å². The highest BCUT2D eigenvalue weighted by Gasteiger charge is 2.50. The third kappa shape index (κ3) is 1.97. The number of hydrogen-bond donors (Lipinski definition) is 0. The summed E-state index contributed by atoms with van der Waals surface area (Å²) in [5, 5.41) is 0. The minimum atomic E-state index is -0.249. The molecule has 1 fully saturated rings. The van der Waals surface area contributed by atoms with Gasteiger partial charge in [-0.05, 0) is 39.3 Å². The zero-order valence-electron chi connectivity index (χ0n) is 9.74. The Hall–Kier alpha value is -0.735. The molecule has 0 amide bonds. The highest BCUT2D eigenvalue weighted by atomic mass is 16.7. The summed E-state index contributed by atoms with van der Waals surface area (Å²) in [6.45, 7) is 8.23. The van der Waals surface area contributed by atoms with Crippen LogP contribution in [0.4, 0.5) is 0 Å². The van der Waals surface area contributed by atoms with Crippen LogP contribution in [-0.2, 0) is 15.6 Å². The molecule has 4 heteroatoms. The molecular weight excluding hydrogens is 191 g/mol. The summed E-state index contributed by atoms with van der Waals surface area (Å²) in [4.78, 5) is 0.